The summed E-state index contributed by atoms with van der Waals surface area (Å²) in [7, 11) is -1.82. The number of aromatic hydroxyl groups is 1. The van der Waals surface area contributed by atoms with Crippen molar-refractivity contribution in [2.75, 3.05) is 0 Å². The summed E-state index contributed by atoms with van der Waals surface area (Å²) in [5.74, 6) is 0.308. The number of benzene rings is 1. The van der Waals surface area contributed by atoms with E-state index in [1.165, 1.54) is 5.56 Å². The molecule has 0 radical (unpaired) electrons. The third-order valence-electron chi connectivity index (χ3n) is 4.57. The molecule has 0 saturated heterocycles. The molecule has 0 unspecified atom stereocenters. The van der Waals surface area contributed by atoms with Crippen LogP contribution in [-0.2, 0) is 10.8 Å². The number of phenols is 1. The zero-order valence-corrected chi connectivity index (χ0v) is 15.4. The molecular formula is C18H30O2Si. The van der Waals surface area contributed by atoms with Gasteiger partial charge in [0.1, 0.15) is 5.75 Å². The maximum atomic E-state index is 9.34. The predicted octanol–water partition coefficient (Wildman–Crippen LogP) is 5.29. The van der Waals surface area contributed by atoms with E-state index in [1.54, 1.807) is 12.1 Å². The van der Waals surface area contributed by atoms with E-state index >= 15 is 0 Å². The van der Waals surface area contributed by atoms with Crippen LogP contribution in [0.15, 0.2) is 36.9 Å². The highest BCUT2D eigenvalue weighted by molar-refractivity contribution is 6.74. The molecule has 0 aliphatic rings. The van der Waals surface area contributed by atoms with Gasteiger partial charge in [0, 0.05) is 0 Å². The van der Waals surface area contributed by atoms with E-state index in [4.69, 9.17) is 4.43 Å². The van der Waals surface area contributed by atoms with Gasteiger partial charge in [0.05, 0.1) is 5.60 Å². The molecule has 1 N–H and O–H groups in total. The topological polar surface area (TPSA) is 29.5 Å². The third kappa shape index (κ3) is 5.01. The molecule has 0 amide bonds. The van der Waals surface area contributed by atoms with Gasteiger partial charge in [-0.15, -0.1) is 6.58 Å². The van der Waals surface area contributed by atoms with Crippen LogP contribution in [0.2, 0.25) is 18.1 Å². The van der Waals surface area contributed by atoms with Crippen molar-refractivity contribution in [3.8, 4) is 5.75 Å². The van der Waals surface area contributed by atoms with Crippen molar-refractivity contribution in [2.45, 2.75) is 64.3 Å². The summed E-state index contributed by atoms with van der Waals surface area (Å²) < 4.78 is 6.56. The second-order valence-electron chi connectivity index (χ2n) is 7.55. The summed E-state index contributed by atoms with van der Waals surface area (Å²) in [5, 5.41) is 9.53. The van der Waals surface area contributed by atoms with Crippen LogP contribution >= 0.6 is 0 Å². The minimum Gasteiger partial charge on any atom is -0.508 e. The largest absolute Gasteiger partial charge is 0.508 e. The smallest absolute Gasteiger partial charge is 0.193 e. The Balaban J connectivity index is 2.76. The second kappa shape index (κ2) is 6.37. The van der Waals surface area contributed by atoms with Gasteiger partial charge in [0.2, 0.25) is 0 Å². The molecule has 0 aliphatic heterocycles. The molecule has 1 atom stereocenters. The minimum atomic E-state index is -1.82. The van der Waals surface area contributed by atoms with E-state index in [1.807, 2.05) is 18.2 Å². The van der Waals surface area contributed by atoms with E-state index in [2.05, 4.69) is 47.4 Å². The zero-order chi connectivity index (χ0) is 16.3. The highest BCUT2D eigenvalue weighted by Crippen LogP contribution is 2.40. The Labute approximate surface area is 131 Å². The minimum absolute atomic E-state index is 0.190. The van der Waals surface area contributed by atoms with Crippen molar-refractivity contribution in [3.05, 3.63) is 42.5 Å². The normalized spacial score (nSPS) is 15.5. The van der Waals surface area contributed by atoms with Crippen LogP contribution in [-0.4, -0.2) is 19.0 Å². The van der Waals surface area contributed by atoms with Crippen LogP contribution in [0.25, 0.3) is 0 Å². The van der Waals surface area contributed by atoms with Crippen LogP contribution in [0.5, 0.6) is 5.75 Å². The lowest BCUT2D eigenvalue weighted by molar-refractivity contribution is 0.112. The van der Waals surface area contributed by atoms with Gasteiger partial charge < -0.3 is 9.53 Å². The van der Waals surface area contributed by atoms with E-state index in [0.717, 1.165) is 12.8 Å². The van der Waals surface area contributed by atoms with Crippen molar-refractivity contribution < 1.29 is 9.53 Å². The van der Waals surface area contributed by atoms with Gasteiger partial charge in [-0.25, -0.2) is 0 Å². The summed E-state index contributed by atoms with van der Waals surface area (Å²) in [5.41, 5.74) is 0.903. The molecule has 0 heterocycles. The van der Waals surface area contributed by atoms with Gasteiger partial charge in [-0.3, -0.25) is 0 Å². The number of rotatable bonds is 6. The molecule has 118 valence electrons. The molecular weight excluding hydrogens is 276 g/mol. The average Bonchev–Trinajstić information content (AvgIpc) is 2.36. The Hall–Kier alpha value is -1.06. The fraction of sp³-hybridized carbons (Fsp3) is 0.556. The lowest BCUT2D eigenvalue weighted by atomic mass is 9.97. The second-order valence-corrected chi connectivity index (χ2v) is 12.3. The average molecular weight is 307 g/mol. The summed E-state index contributed by atoms with van der Waals surface area (Å²) in [6, 6.07) is 7.39. The van der Waals surface area contributed by atoms with Crippen molar-refractivity contribution in [2.24, 2.45) is 0 Å². The van der Waals surface area contributed by atoms with E-state index < -0.39 is 8.32 Å². The van der Waals surface area contributed by atoms with E-state index in [9.17, 15) is 5.11 Å². The molecule has 0 aliphatic carbocycles. The number of phenolic OH excluding ortho intramolecular Hbond substituents is 1. The molecule has 0 spiro atoms. The summed E-state index contributed by atoms with van der Waals surface area (Å²) in [6.45, 7) is 17.4. The lowest BCUT2D eigenvalue weighted by Crippen LogP contribution is -2.48. The maximum Gasteiger partial charge on any atom is 0.193 e. The molecule has 0 fully saturated rings. The van der Waals surface area contributed by atoms with Crippen molar-refractivity contribution >= 4 is 8.32 Å². The van der Waals surface area contributed by atoms with Gasteiger partial charge in [-0.05, 0) is 55.6 Å². The van der Waals surface area contributed by atoms with Crippen molar-refractivity contribution in [1.29, 1.82) is 0 Å². The number of hydrogen-bond acceptors (Lipinski definition) is 2. The Kier molecular flexibility index (Phi) is 5.45. The van der Waals surface area contributed by atoms with Crippen LogP contribution in [0.3, 0.4) is 0 Å². The zero-order valence-electron chi connectivity index (χ0n) is 14.4. The van der Waals surface area contributed by atoms with Crippen LogP contribution in [0.4, 0.5) is 0 Å². The standard InChI is InChI=1S/C18H30O2Si/c1-8-18(5,20-21(6,7)17(2,3)4)14-13-15-9-11-16(19)12-10-15/h8-12,19H,1,13-14H2,2-7H3/t18-/m0/s1. The lowest BCUT2D eigenvalue weighted by Gasteiger charge is -2.43. The van der Waals surface area contributed by atoms with Crippen LogP contribution < -0.4 is 0 Å². The Morgan fingerprint density at radius 2 is 1.67 bits per heavy atom. The fourth-order valence-corrected chi connectivity index (χ4v) is 3.64. The fourth-order valence-electron chi connectivity index (χ4n) is 1.99. The monoisotopic (exact) mass is 306 g/mol. The van der Waals surface area contributed by atoms with Crippen molar-refractivity contribution in [1.82, 2.24) is 0 Å². The molecule has 0 aromatic heterocycles. The molecule has 1 rings (SSSR count). The summed E-state index contributed by atoms with van der Waals surface area (Å²) >= 11 is 0. The van der Waals surface area contributed by atoms with Gasteiger partial charge in [-0.2, -0.15) is 0 Å². The van der Waals surface area contributed by atoms with Gasteiger partial charge in [0.15, 0.2) is 8.32 Å². The summed E-state index contributed by atoms with van der Waals surface area (Å²) in [6.07, 6.45) is 3.75. The molecule has 1 aromatic rings. The van der Waals surface area contributed by atoms with Crippen LogP contribution in [0, 0.1) is 0 Å². The summed E-state index contributed by atoms with van der Waals surface area (Å²) in [4.78, 5) is 0. The van der Waals surface area contributed by atoms with E-state index in [-0.39, 0.29) is 10.6 Å². The first-order valence-electron chi connectivity index (χ1n) is 7.61. The number of hydrogen-bond donors (Lipinski definition) is 1. The first-order chi connectivity index (χ1) is 9.49. The highest BCUT2D eigenvalue weighted by atomic mass is 28.4. The quantitative estimate of drug-likeness (QED) is 0.571. The molecule has 0 saturated carbocycles. The predicted molar refractivity (Wildman–Crippen MR) is 93.3 cm³/mol. The maximum absolute atomic E-state index is 9.34. The molecule has 1 aromatic carbocycles. The molecule has 0 bridgehead atoms. The SMILES string of the molecule is C=C[C@@](C)(CCc1ccc(O)cc1)O[Si](C)(C)C(C)(C)C. The van der Waals surface area contributed by atoms with Crippen LogP contribution in [0.1, 0.15) is 39.7 Å². The Morgan fingerprint density at radius 3 is 2.10 bits per heavy atom. The van der Waals surface area contributed by atoms with Gasteiger partial charge in [-0.1, -0.05) is 39.0 Å². The number of aryl methyl sites for hydroxylation is 1. The highest BCUT2D eigenvalue weighted by Gasteiger charge is 2.41. The van der Waals surface area contributed by atoms with Crippen molar-refractivity contribution in [3.63, 3.8) is 0 Å². The molecule has 21 heavy (non-hydrogen) atoms. The molecule has 3 heteroatoms. The van der Waals surface area contributed by atoms with Gasteiger partial charge >= 0.3 is 0 Å². The van der Waals surface area contributed by atoms with E-state index in [0.29, 0.717) is 5.75 Å². The first kappa shape index (κ1) is 18.0. The third-order valence-corrected chi connectivity index (χ3v) is 9.16. The first-order valence-corrected chi connectivity index (χ1v) is 10.5. The Morgan fingerprint density at radius 1 is 1.14 bits per heavy atom. The van der Waals surface area contributed by atoms with Gasteiger partial charge in [0.25, 0.3) is 0 Å². The molecule has 2 nitrogen and oxygen atoms in total. The Bertz CT molecular complexity index is 471.